The van der Waals surface area contributed by atoms with Gasteiger partial charge in [0.1, 0.15) is 0 Å². The predicted molar refractivity (Wildman–Crippen MR) is 70.6 cm³/mol. The standard InChI is InChI=1S/C16H19N/c1-13-5-3-2-4-6-16(13)11-14-7-9-15(12-17)10-8-14/h7-10,16H,1-6,11H2. The highest BCUT2D eigenvalue weighted by Gasteiger charge is 2.16. The zero-order chi connectivity index (χ0) is 12.1. The molecule has 1 atom stereocenters. The van der Waals surface area contributed by atoms with Crippen molar-refractivity contribution in [3.63, 3.8) is 0 Å². The van der Waals surface area contributed by atoms with E-state index in [1.807, 2.05) is 12.1 Å². The maximum atomic E-state index is 8.77. The lowest BCUT2D eigenvalue weighted by Crippen LogP contribution is -2.05. The Morgan fingerprint density at radius 2 is 1.94 bits per heavy atom. The summed E-state index contributed by atoms with van der Waals surface area (Å²) in [6.45, 7) is 4.23. The molecular weight excluding hydrogens is 206 g/mol. The molecule has 1 fully saturated rings. The monoisotopic (exact) mass is 225 g/mol. The van der Waals surface area contributed by atoms with Gasteiger partial charge in [0.25, 0.3) is 0 Å². The number of benzene rings is 1. The van der Waals surface area contributed by atoms with Gasteiger partial charge in [-0.15, -0.1) is 0 Å². The molecule has 0 amide bonds. The van der Waals surface area contributed by atoms with Crippen LogP contribution in [0, 0.1) is 17.2 Å². The van der Waals surface area contributed by atoms with Gasteiger partial charge in [-0.05, 0) is 49.3 Å². The van der Waals surface area contributed by atoms with Crippen LogP contribution < -0.4 is 0 Å². The van der Waals surface area contributed by atoms with E-state index in [9.17, 15) is 0 Å². The van der Waals surface area contributed by atoms with E-state index in [0.29, 0.717) is 5.92 Å². The zero-order valence-electron chi connectivity index (χ0n) is 10.3. The first-order valence-corrected chi connectivity index (χ1v) is 6.46. The van der Waals surface area contributed by atoms with Crippen LogP contribution in [-0.4, -0.2) is 0 Å². The normalized spacial score (nSPS) is 20.6. The summed E-state index contributed by atoms with van der Waals surface area (Å²) < 4.78 is 0. The molecule has 0 aromatic heterocycles. The first kappa shape index (κ1) is 11.9. The molecule has 1 saturated carbocycles. The minimum absolute atomic E-state index is 0.644. The maximum Gasteiger partial charge on any atom is 0.0991 e. The summed E-state index contributed by atoms with van der Waals surface area (Å²) >= 11 is 0. The molecule has 0 heterocycles. The molecule has 0 radical (unpaired) electrons. The highest BCUT2D eigenvalue weighted by Crippen LogP contribution is 2.29. The van der Waals surface area contributed by atoms with Gasteiger partial charge >= 0.3 is 0 Å². The fourth-order valence-electron chi connectivity index (χ4n) is 2.57. The highest BCUT2D eigenvalue weighted by atomic mass is 14.2. The quantitative estimate of drug-likeness (QED) is 0.545. The minimum Gasteiger partial charge on any atom is -0.192 e. The predicted octanol–water partition coefficient (Wildman–Crippen LogP) is 4.24. The number of rotatable bonds is 2. The highest BCUT2D eigenvalue weighted by molar-refractivity contribution is 5.32. The summed E-state index contributed by atoms with van der Waals surface area (Å²) in [5.41, 5.74) is 3.50. The van der Waals surface area contributed by atoms with E-state index >= 15 is 0 Å². The Kier molecular flexibility index (Phi) is 3.98. The van der Waals surface area contributed by atoms with Gasteiger partial charge in [-0.25, -0.2) is 0 Å². The summed E-state index contributed by atoms with van der Waals surface area (Å²) in [5.74, 6) is 0.644. The second-order valence-electron chi connectivity index (χ2n) is 4.97. The van der Waals surface area contributed by atoms with Crippen LogP contribution in [0.3, 0.4) is 0 Å². The third kappa shape index (κ3) is 3.20. The molecule has 0 saturated heterocycles. The van der Waals surface area contributed by atoms with E-state index in [0.717, 1.165) is 12.0 Å². The fourth-order valence-corrected chi connectivity index (χ4v) is 2.57. The Labute approximate surface area is 104 Å². The SMILES string of the molecule is C=C1CCCCCC1Cc1ccc(C#N)cc1. The summed E-state index contributed by atoms with van der Waals surface area (Å²) in [6.07, 6.45) is 7.55. The van der Waals surface area contributed by atoms with Gasteiger partial charge < -0.3 is 0 Å². The zero-order valence-corrected chi connectivity index (χ0v) is 10.3. The maximum absolute atomic E-state index is 8.77. The smallest absolute Gasteiger partial charge is 0.0991 e. The van der Waals surface area contributed by atoms with Crippen LogP contribution in [0.25, 0.3) is 0 Å². The van der Waals surface area contributed by atoms with Crippen molar-refractivity contribution in [2.24, 2.45) is 5.92 Å². The van der Waals surface area contributed by atoms with E-state index in [2.05, 4.69) is 24.8 Å². The van der Waals surface area contributed by atoms with Crippen LogP contribution in [0.4, 0.5) is 0 Å². The van der Waals surface area contributed by atoms with Gasteiger partial charge in [-0.1, -0.05) is 37.1 Å². The van der Waals surface area contributed by atoms with Crippen LogP contribution in [0.15, 0.2) is 36.4 Å². The molecule has 1 aromatic rings. The van der Waals surface area contributed by atoms with Crippen molar-refractivity contribution in [3.8, 4) is 6.07 Å². The van der Waals surface area contributed by atoms with Crippen LogP contribution in [0.1, 0.15) is 43.2 Å². The van der Waals surface area contributed by atoms with Gasteiger partial charge in [-0.2, -0.15) is 5.26 Å². The largest absolute Gasteiger partial charge is 0.192 e. The molecule has 1 nitrogen and oxygen atoms in total. The van der Waals surface area contributed by atoms with Crippen molar-refractivity contribution in [2.45, 2.75) is 38.5 Å². The lowest BCUT2D eigenvalue weighted by atomic mass is 9.89. The van der Waals surface area contributed by atoms with E-state index in [1.54, 1.807) is 0 Å². The molecule has 1 heteroatoms. The van der Waals surface area contributed by atoms with E-state index in [1.165, 1.54) is 43.2 Å². The summed E-state index contributed by atoms with van der Waals surface area (Å²) in [4.78, 5) is 0. The summed E-state index contributed by atoms with van der Waals surface area (Å²) in [5, 5.41) is 8.77. The van der Waals surface area contributed by atoms with E-state index in [4.69, 9.17) is 5.26 Å². The molecule has 1 aliphatic rings. The molecule has 1 aromatic carbocycles. The van der Waals surface area contributed by atoms with Crippen molar-refractivity contribution < 1.29 is 0 Å². The van der Waals surface area contributed by atoms with Crippen LogP contribution in [-0.2, 0) is 6.42 Å². The van der Waals surface area contributed by atoms with Crippen molar-refractivity contribution in [2.75, 3.05) is 0 Å². The molecule has 0 aliphatic heterocycles. The molecule has 0 spiro atoms. The Balaban J connectivity index is 2.03. The number of allylic oxidation sites excluding steroid dienone is 1. The van der Waals surface area contributed by atoms with Crippen molar-refractivity contribution in [3.05, 3.63) is 47.5 Å². The first-order chi connectivity index (χ1) is 8.29. The molecular formula is C16H19N. The summed E-state index contributed by atoms with van der Waals surface area (Å²) in [7, 11) is 0. The summed E-state index contributed by atoms with van der Waals surface area (Å²) in [6, 6.07) is 10.1. The molecule has 17 heavy (non-hydrogen) atoms. The Hall–Kier alpha value is -1.55. The van der Waals surface area contributed by atoms with Gasteiger partial charge in [-0.3, -0.25) is 0 Å². The van der Waals surface area contributed by atoms with Gasteiger partial charge in [0.15, 0.2) is 0 Å². The third-order valence-corrected chi connectivity index (χ3v) is 3.69. The molecule has 1 aliphatic carbocycles. The second-order valence-corrected chi connectivity index (χ2v) is 4.97. The second kappa shape index (κ2) is 5.68. The average molecular weight is 225 g/mol. The molecule has 1 unspecified atom stereocenters. The average Bonchev–Trinajstić information content (AvgIpc) is 2.56. The van der Waals surface area contributed by atoms with Crippen LogP contribution in [0.5, 0.6) is 0 Å². The van der Waals surface area contributed by atoms with E-state index < -0.39 is 0 Å². The lowest BCUT2D eigenvalue weighted by molar-refractivity contribution is 0.547. The Morgan fingerprint density at radius 3 is 2.65 bits per heavy atom. The van der Waals surface area contributed by atoms with Crippen LogP contribution in [0.2, 0.25) is 0 Å². The molecule has 0 N–H and O–H groups in total. The van der Waals surface area contributed by atoms with Gasteiger partial charge in [0.2, 0.25) is 0 Å². The van der Waals surface area contributed by atoms with Crippen molar-refractivity contribution in [1.82, 2.24) is 0 Å². The fraction of sp³-hybridized carbons (Fsp3) is 0.438. The topological polar surface area (TPSA) is 23.8 Å². The molecule has 88 valence electrons. The van der Waals surface area contributed by atoms with Crippen LogP contribution >= 0.6 is 0 Å². The Morgan fingerprint density at radius 1 is 1.18 bits per heavy atom. The lowest BCUT2D eigenvalue weighted by Gasteiger charge is -2.16. The molecule has 0 bridgehead atoms. The minimum atomic E-state index is 0.644. The number of nitriles is 1. The molecule has 2 rings (SSSR count). The number of hydrogen-bond donors (Lipinski definition) is 0. The Bertz CT molecular complexity index is 422. The number of nitrogens with zero attached hydrogens (tertiary/aromatic N) is 1. The third-order valence-electron chi connectivity index (χ3n) is 3.69. The first-order valence-electron chi connectivity index (χ1n) is 6.46. The van der Waals surface area contributed by atoms with Crippen molar-refractivity contribution >= 4 is 0 Å². The van der Waals surface area contributed by atoms with Gasteiger partial charge in [0.05, 0.1) is 11.6 Å². The number of hydrogen-bond acceptors (Lipinski definition) is 1. The van der Waals surface area contributed by atoms with Gasteiger partial charge in [0, 0.05) is 0 Å². The van der Waals surface area contributed by atoms with E-state index in [-0.39, 0.29) is 0 Å². The van der Waals surface area contributed by atoms with Crippen molar-refractivity contribution in [1.29, 1.82) is 5.26 Å².